The molecular formula is C118H166N18O13. The van der Waals surface area contributed by atoms with E-state index in [1.807, 2.05) is 97.5 Å². The lowest BCUT2D eigenvalue weighted by Crippen LogP contribution is -2.39. The predicted octanol–water partition coefficient (Wildman–Crippen LogP) is 24.6. The van der Waals surface area contributed by atoms with Crippen molar-refractivity contribution in [1.82, 2.24) is 65.0 Å². The largest absolute Gasteiger partial charge is 0.481 e. The molecule has 0 saturated carbocycles. The Hall–Kier alpha value is -14.3. The minimum Gasteiger partial charge on any atom is -0.481 e. The van der Waals surface area contributed by atoms with Crippen LogP contribution < -0.4 is 27.0 Å². The summed E-state index contributed by atoms with van der Waals surface area (Å²) in [5.74, 6) is -1.15. The number of nitrogen functional groups attached to an aromatic ring is 1. The van der Waals surface area contributed by atoms with Crippen LogP contribution in [-0.4, -0.2) is 182 Å². The number of methoxy groups -OCH3 is 2. The molecule has 1 saturated heterocycles. The first-order chi connectivity index (χ1) is 69.1. The number of pyridine rings is 2. The molecule has 10 N–H and O–H groups in total. The maximum Gasteiger partial charge on any atom is 0.413 e. The summed E-state index contributed by atoms with van der Waals surface area (Å²) in [6.45, 7) is 70.7. The number of rotatable bonds is 18. The van der Waals surface area contributed by atoms with Gasteiger partial charge >= 0.3 is 36.1 Å². The maximum absolute atomic E-state index is 10.9. The molecule has 1 aliphatic heterocycles. The van der Waals surface area contributed by atoms with Crippen molar-refractivity contribution in [2.45, 2.75) is 288 Å². The van der Waals surface area contributed by atoms with Gasteiger partial charge in [-0.3, -0.25) is 29.9 Å². The van der Waals surface area contributed by atoms with Crippen LogP contribution in [0, 0.1) is 0 Å². The highest BCUT2D eigenvalue weighted by molar-refractivity contribution is 5.87. The van der Waals surface area contributed by atoms with E-state index < -0.39 is 36.1 Å². The molecule has 149 heavy (non-hydrogen) atoms. The fourth-order valence-electron chi connectivity index (χ4n) is 13.1. The van der Waals surface area contributed by atoms with E-state index >= 15 is 0 Å². The SMILES string of the molecule is CC(C)(C)c1ccc(-c2cncnc2)cc1.CC(C)(C)c1ccc(-n2cnnn2)cc1.CC(C)(C)c1ccc(C(=O)O)cc1.CC(C)(C)c1ccc(CC(=O)O)cc1.CC(C)(C)c1ccc(CCC(=O)O)cc1.CC(C)(C)c1ccc(NCCC(=O)O)cc1.CC(C)(C)c1ccc(NCCN2CCOCC2)nc1.CC(C)(C)c1cnc(N)nc1.COC(=O)Nc1ccc(C(C)(C)C)cn1.COC(=O)Nc1ncc(C(C)(C)C)cn1. The van der Waals surface area contributed by atoms with E-state index in [2.05, 4.69) is 372 Å². The van der Waals surface area contributed by atoms with Crippen molar-refractivity contribution >= 4 is 65.3 Å². The molecule has 0 radical (unpaired) electrons. The highest BCUT2D eigenvalue weighted by atomic mass is 16.5. The van der Waals surface area contributed by atoms with Crippen LogP contribution in [0.15, 0.2) is 232 Å². The van der Waals surface area contributed by atoms with Gasteiger partial charge < -0.3 is 51.0 Å². The molecule has 0 bridgehead atoms. The Labute approximate surface area is 884 Å². The van der Waals surface area contributed by atoms with E-state index in [1.54, 1.807) is 66.5 Å². The first-order valence-electron chi connectivity index (χ1n) is 50.0. The molecule has 6 aromatic carbocycles. The topological polar surface area (TPSA) is 435 Å². The zero-order valence-electron chi connectivity index (χ0n) is 94.1. The average Bonchev–Trinajstić information content (AvgIpc) is 1.81. The number of aliphatic carboxylic acids is 3. The molecule has 2 amide bonds. The minimum absolute atomic E-state index is 0.00377. The zero-order chi connectivity index (χ0) is 112. The summed E-state index contributed by atoms with van der Waals surface area (Å²) in [7, 11) is 2.61. The van der Waals surface area contributed by atoms with Crippen LogP contribution in [0.3, 0.4) is 0 Å². The van der Waals surface area contributed by atoms with Crippen molar-refractivity contribution in [2.24, 2.45) is 0 Å². The van der Waals surface area contributed by atoms with Gasteiger partial charge in [-0.25, -0.2) is 58.9 Å². The van der Waals surface area contributed by atoms with Crippen LogP contribution in [0.25, 0.3) is 16.8 Å². The quantitative estimate of drug-likeness (QED) is 0.0385. The highest BCUT2D eigenvalue weighted by Crippen LogP contribution is 2.32. The number of amides is 2. The molecule has 1 aliphatic rings. The number of carboxylic acid groups (broad SMARTS) is 4. The molecule has 31 nitrogen and oxygen atoms in total. The van der Waals surface area contributed by atoms with Gasteiger partial charge in [0.15, 0.2) is 0 Å². The van der Waals surface area contributed by atoms with Crippen molar-refractivity contribution in [3.05, 3.63) is 304 Å². The van der Waals surface area contributed by atoms with Crippen LogP contribution in [0.1, 0.15) is 298 Å². The monoisotopic (exact) mass is 2040 g/mol. The number of morpholine rings is 1. The molecule has 806 valence electrons. The molecular weight excluding hydrogens is 1880 g/mol. The van der Waals surface area contributed by atoms with E-state index in [0.717, 1.165) is 101 Å². The lowest BCUT2D eigenvalue weighted by molar-refractivity contribution is -0.137. The summed E-state index contributed by atoms with van der Waals surface area (Å²) in [6, 6.07) is 55.9. The van der Waals surface area contributed by atoms with Gasteiger partial charge in [-0.15, -0.1) is 5.10 Å². The number of nitrogens with two attached hydrogens (primary N) is 1. The summed E-state index contributed by atoms with van der Waals surface area (Å²) >= 11 is 0. The number of carbonyl (C=O) groups excluding carboxylic acids is 2. The van der Waals surface area contributed by atoms with Crippen LogP contribution in [-0.2, 0) is 95.6 Å². The lowest BCUT2D eigenvalue weighted by Gasteiger charge is -2.26. The summed E-state index contributed by atoms with van der Waals surface area (Å²) in [5, 5.41) is 56.7. The first-order valence-corrected chi connectivity index (χ1v) is 50.0. The number of nitrogens with zero attached hydrogens (tertiary/aromatic N) is 13. The van der Waals surface area contributed by atoms with Crippen molar-refractivity contribution in [3.8, 4) is 16.8 Å². The second kappa shape index (κ2) is 59.0. The Morgan fingerprint density at radius 3 is 1.10 bits per heavy atom. The number of hydrogen-bond donors (Lipinski definition) is 9. The standard InChI is InChI=1S/C15H25N3O.C14H16N2.C13H19NO2.C13H18O2.C12H16O2.C11H14N4.C11H16N2O2.C11H14O2.C10H15N3O2.C8H13N3/c1-15(2,3)13-4-5-14(17-12-13)16-6-7-18-8-10-19-11-9-18;1-14(2,3)13-6-4-11(5-7-13)12-8-15-10-16-9-12;1-13(2,3)10-4-6-11(7-5-10)14-9-8-12(15)16;1-13(2,3)11-7-4-10(5-8-11)6-9-12(14)15;1-12(2,3)10-6-4-9(5-7-10)8-11(13)14;1-11(2,3)9-4-6-10(7-5-9)15-8-12-13-14-15;1-11(2,3)8-5-6-9(12-7-8)13-10(14)15-4;1-11(2,3)9-6-4-8(5-7-9)10(12)13;1-10(2,3)7-5-11-8(12-6-7)13-9(14)15-4;1-8(2,3)6-4-10-7(9)11-5-6/h4-5,12H,6-11H2,1-3H3,(H,16,17);4-10H,1-3H3;4-7,14H,8-9H2,1-3H3,(H,15,16);4-5,7-8H,6,9H2,1-3H3,(H,14,15);4-7H,8H2,1-3H3,(H,13,14);4-8H,1-3H3;5-7H,1-4H3,(H,12,13,14);4-7H,1-3H3,(H,12,13);5-6H,1-4H3,(H,11,12,13,14);4-5H,1-3H3,(H2,9,10,11). The van der Waals surface area contributed by atoms with Crippen molar-refractivity contribution in [2.75, 3.05) is 87.2 Å². The highest BCUT2D eigenvalue weighted by Gasteiger charge is 2.23. The van der Waals surface area contributed by atoms with Gasteiger partial charge in [0.25, 0.3) is 0 Å². The smallest absolute Gasteiger partial charge is 0.413 e. The Balaban J connectivity index is 0.000000345. The van der Waals surface area contributed by atoms with E-state index in [0.29, 0.717) is 30.3 Å². The van der Waals surface area contributed by atoms with E-state index in [1.165, 1.54) is 47.6 Å². The Morgan fingerprint density at radius 2 is 0.732 bits per heavy atom. The molecule has 7 heterocycles. The molecule has 0 spiro atoms. The maximum atomic E-state index is 10.9. The summed E-state index contributed by atoms with van der Waals surface area (Å²) in [4.78, 5) is 98.4. The van der Waals surface area contributed by atoms with Gasteiger partial charge in [-0.05, 0) is 192 Å². The van der Waals surface area contributed by atoms with E-state index in [4.69, 9.17) is 30.9 Å². The fourth-order valence-corrected chi connectivity index (χ4v) is 13.1. The van der Waals surface area contributed by atoms with Crippen LogP contribution in [0.5, 0.6) is 0 Å². The fraction of sp³-hybridized carbons (Fsp3) is 0.449. The zero-order valence-corrected chi connectivity index (χ0v) is 94.1. The van der Waals surface area contributed by atoms with Crippen LogP contribution in [0.2, 0.25) is 0 Å². The number of tetrazole rings is 1. The van der Waals surface area contributed by atoms with Crippen LogP contribution >= 0.6 is 0 Å². The van der Waals surface area contributed by atoms with Gasteiger partial charge in [-0.1, -0.05) is 329 Å². The second-order valence-corrected chi connectivity index (χ2v) is 46.0. The molecule has 0 atom stereocenters. The lowest BCUT2D eigenvalue weighted by atomic mass is 9.86. The number of carboxylic acids is 4. The third-order valence-electron chi connectivity index (χ3n) is 23.0. The molecule has 13 rings (SSSR count). The van der Waals surface area contributed by atoms with Crippen molar-refractivity contribution in [1.29, 1.82) is 0 Å². The van der Waals surface area contributed by atoms with Crippen molar-refractivity contribution < 1.29 is 63.4 Å². The predicted molar refractivity (Wildman–Crippen MR) is 599 cm³/mol. The van der Waals surface area contributed by atoms with E-state index in [9.17, 15) is 28.8 Å². The summed E-state index contributed by atoms with van der Waals surface area (Å²) in [6.07, 6.45) is 17.4. The summed E-state index contributed by atoms with van der Waals surface area (Å²) < 4.78 is 15.9. The Kier molecular flexibility index (Phi) is 50.3. The van der Waals surface area contributed by atoms with Gasteiger partial charge in [0.05, 0.1) is 51.5 Å². The number of carbonyl (C=O) groups is 6. The number of aromatic carboxylic acids is 1. The average molecular weight is 2040 g/mol. The third-order valence-corrected chi connectivity index (χ3v) is 23.0. The normalized spacial score (nSPS) is 12.1. The number of ether oxygens (including phenoxy) is 3. The number of aryl methyl sites for hydroxylation is 1. The second-order valence-electron chi connectivity index (χ2n) is 46.0. The molecule has 31 heteroatoms. The van der Waals surface area contributed by atoms with Crippen LogP contribution in [0.4, 0.5) is 38.8 Å². The number of nitrogens with one attached hydrogen (secondary N) is 4. The molecule has 12 aromatic rings. The van der Waals surface area contributed by atoms with Gasteiger partial charge in [0, 0.05) is 100.0 Å². The number of aromatic nitrogens is 12. The van der Waals surface area contributed by atoms with Crippen molar-refractivity contribution in [3.63, 3.8) is 0 Å². The molecule has 1 fully saturated rings. The number of hydrogen-bond acceptors (Lipinski definition) is 24. The van der Waals surface area contributed by atoms with Gasteiger partial charge in [0.1, 0.15) is 24.3 Å². The van der Waals surface area contributed by atoms with Gasteiger partial charge in [-0.2, -0.15) is 0 Å². The Bertz CT molecular complexity index is 5860. The first kappa shape index (κ1) is 127. The van der Waals surface area contributed by atoms with Gasteiger partial charge in [0.2, 0.25) is 11.9 Å². The Morgan fingerprint density at radius 1 is 0.369 bits per heavy atom. The molecule has 0 unspecified atom stereocenters. The number of benzene rings is 6. The molecule has 6 aromatic heterocycles. The number of anilines is 5. The van der Waals surface area contributed by atoms with E-state index in [-0.39, 0.29) is 79.4 Å². The minimum atomic E-state index is -0.875. The molecule has 0 aliphatic carbocycles. The third kappa shape index (κ3) is 50.8. The summed E-state index contributed by atoms with van der Waals surface area (Å²) in [5.41, 5.74) is 25.1.